The van der Waals surface area contributed by atoms with Gasteiger partial charge in [-0.25, -0.2) is 9.78 Å². The number of amides is 2. The molecule has 0 aliphatic rings. The van der Waals surface area contributed by atoms with Crippen LogP contribution in [0, 0.1) is 3.57 Å². The second-order valence-corrected chi connectivity index (χ2v) is 5.30. The van der Waals surface area contributed by atoms with Gasteiger partial charge in [-0.05, 0) is 28.7 Å². The van der Waals surface area contributed by atoms with Crippen molar-refractivity contribution in [2.45, 2.75) is 6.42 Å². The number of alkyl carbamates (subject to hydrolysis) is 1. The molecule has 0 saturated carbocycles. The standard InChI is InChI=1S/C14H18IN3O4/c1-16-12(19)4-2-7-17-14(20)22-9-3-8-21-13-6-5-11(15)10-18-13/h2,4-6,10H,3,7-9H2,1H3,(H,16,19)(H,17,20)/b4-2+. The zero-order valence-corrected chi connectivity index (χ0v) is 14.3. The van der Waals surface area contributed by atoms with Gasteiger partial charge in [-0.3, -0.25) is 4.79 Å². The van der Waals surface area contributed by atoms with E-state index >= 15 is 0 Å². The highest BCUT2D eigenvalue weighted by Gasteiger charge is 2.00. The van der Waals surface area contributed by atoms with Gasteiger partial charge in [0.15, 0.2) is 0 Å². The number of hydrogen-bond donors (Lipinski definition) is 2. The van der Waals surface area contributed by atoms with Gasteiger partial charge in [0.05, 0.1) is 13.2 Å². The first kappa shape index (κ1) is 18.2. The number of ether oxygens (including phenoxy) is 2. The van der Waals surface area contributed by atoms with Crippen molar-refractivity contribution < 1.29 is 19.1 Å². The van der Waals surface area contributed by atoms with E-state index in [9.17, 15) is 9.59 Å². The van der Waals surface area contributed by atoms with Crippen LogP contribution in [0.25, 0.3) is 0 Å². The second-order valence-electron chi connectivity index (χ2n) is 4.05. The molecule has 0 aliphatic heterocycles. The fourth-order valence-corrected chi connectivity index (χ4v) is 1.61. The minimum Gasteiger partial charge on any atom is -0.478 e. The molecule has 1 aromatic rings. The molecule has 0 aromatic carbocycles. The van der Waals surface area contributed by atoms with Crippen LogP contribution < -0.4 is 15.4 Å². The van der Waals surface area contributed by atoms with Gasteiger partial charge in [0.25, 0.3) is 0 Å². The predicted molar refractivity (Wildman–Crippen MR) is 89.6 cm³/mol. The monoisotopic (exact) mass is 419 g/mol. The Morgan fingerprint density at radius 2 is 2.18 bits per heavy atom. The first-order chi connectivity index (χ1) is 10.6. The largest absolute Gasteiger partial charge is 0.478 e. The average molecular weight is 419 g/mol. The summed E-state index contributed by atoms with van der Waals surface area (Å²) in [6.45, 7) is 0.891. The second kappa shape index (κ2) is 10.8. The van der Waals surface area contributed by atoms with Crippen LogP contribution in [0.5, 0.6) is 5.88 Å². The minimum absolute atomic E-state index is 0.225. The summed E-state index contributed by atoms with van der Waals surface area (Å²) >= 11 is 2.16. The van der Waals surface area contributed by atoms with E-state index in [0.29, 0.717) is 18.9 Å². The van der Waals surface area contributed by atoms with Crippen LogP contribution in [0.3, 0.4) is 0 Å². The molecule has 1 rings (SSSR count). The summed E-state index contributed by atoms with van der Waals surface area (Å²) in [4.78, 5) is 26.3. The maximum Gasteiger partial charge on any atom is 0.407 e. The highest BCUT2D eigenvalue weighted by atomic mass is 127. The van der Waals surface area contributed by atoms with E-state index in [1.807, 2.05) is 6.07 Å². The van der Waals surface area contributed by atoms with Gasteiger partial charge in [-0.15, -0.1) is 0 Å². The van der Waals surface area contributed by atoms with Gasteiger partial charge in [0.1, 0.15) is 0 Å². The number of carbonyl (C=O) groups excluding carboxylic acids is 2. The van der Waals surface area contributed by atoms with E-state index in [2.05, 4.69) is 38.2 Å². The lowest BCUT2D eigenvalue weighted by Crippen LogP contribution is -2.25. The molecule has 2 amide bonds. The van der Waals surface area contributed by atoms with E-state index in [1.54, 1.807) is 12.3 Å². The van der Waals surface area contributed by atoms with Crippen molar-refractivity contribution in [1.29, 1.82) is 0 Å². The minimum atomic E-state index is -0.533. The number of aromatic nitrogens is 1. The highest BCUT2D eigenvalue weighted by molar-refractivity contribution is 14.1. The van der Waals surface area contributed by atoms with Crippen molar-refractivity contribution in [3.63, 3.8) is 0 Å². The quantitative estimate of drug-likeness (QED) is 0.379. The number of nitrogens with zero attached hydrogens (tertiary/aromatic N) is 1. The van der Waals surface area contributed by atoms with E-state index < -0.39 is 6.09 Å². The van der Waals surface area contributed by atoms with Gasteiger partial charge in [-0.1, -0.05) is 6.08 Å². The summed E-state index contributed by atoms with van der Waals surface area (Å²) in [7, 11) is 1.53. The lowest BCUT2D eigenvalue weighted by molar-refractivity contribution is -0.116. The van der Waals surface area contributed by atoms with Gasteiger partial charge >= 0.3 is 6.09 Å². The van der Waals surface area contributed by atoms with Crippen molar-refractivity contribution in [1.82, 2.24) is 15.6 Å². The summed E-state index contributed by atoms with van der Waals surface area (Å²) in [6.07, 6.45) is 4.61. The SMILES string of the molecule is CNC(=O)/C=C/CNC(=O)OCCCOc1ccc(I)cn1. The zero-order valence-electron chi connectivity index (χ0n) is 12.2. The molecule has 0 radical (unpaired) electrons. The molecular formula is C14H18IN3O4. The van der Waals surface area contributed by atoms with Crippen LogP contribution in [-0.4, -0.2) is 43.8 Å². The summed E-state index contributed by atoms with van der Waals surface area (Å²) in [5, 5.41) is 4.92. The van der Waals surface area contributed by atoms with E-state index in [4.69, 9.17) is 9.47 Å². The number of pyridine rings is 1. The van der Waals surface area contributed by atoms with Gasteiger partial charge < -0.3 is 20.1 Å². The van der Waals surface area contributed by atoms with Crippen molar-refractivity contribution in [2.24, 2.45) is 0 Å². The Kier molecular flexibility index (Phi) is 8.96. The number of likely N-dealkylation sites (N-methyl/N-ethyl adjacent to an activating group) is 1. The van der Waals surface area contributed by atoms with E-state index in [0.717, 1.165) is 3.57 Å². The van der Waals surface area contributed by atoms with Crippen molar-refractivity contribution >= 4 is 34.6 Å². The van der Waals surface area contributed by atoms with Gasteiger partial charge in [0.2, 0.25) is 11.8 Å². The van der Waals surface area contributed by atoms with Crippen LogP contribution in [0.15, 0.2) is 30.5 Å². The summed E-state index contributed by atoms with van der Waals surface area (Å²) in [5.41, 5.74) is 0. The van der Waals surface area contributed by atoms with Crippen LogP contribution in [0.1, 0.15) is 6.42 Å². The van der Waals surface area contributed by atoms with Crippen molar-refractivity contribution in [3.8, 4) is 5.88 Å². The number of nitrogens with one attached hydrogen (secondary N) is 2. The smallest absolute Gasteiger partial charge is 0.407 e. The molecule has 0 bridgehead atoms. The molecule has 0 unspecified atom stereocenters. The van der Waals surface area contributed by atoms with Crippen LogP contribution in [0.2, 0.25) is 0 Å². The lowest BCUT2D eigenvalue weighted by Gasteiger charge is -2.06. The molecule has 120 valence electrons. The molecular weight excluding hydrogens is 401 g/mol. The molecule has 7 nitrogen and oxygen atoms in total. The van der Waals surface area contributed by atoms with Crippen molar-refractivity contribution in [2.75, 3.05) is 26.8 Å². The molecule has 0 saturated heterocycles. The maximum atomic E-state index is 11.3. The van der Waals surface area contributed by atoms with Gasteiger partial charge in [-0.2, -0.15) is 0 Å². The summed E-state index contributed by atoms with van der Waals surface area (Å²) in [6, 6.07) is 3.69. The lowest BCUT2D eigenvalue weighted by atomic mass is 10.4. The molecule has 2 N–H and O–H groups in total. The average Bonchev–Trinajstić information content (AvgIpc) is 2.52. The van der Waals surface area contributed by atoms with Crippen LogP contribution in [0.4, 0.5) is 4.79 Å². The maximum absolute atomic E-state index is 11.3. The summed E-state index contributed by atoms with van der Waals surface area (Å²) < 4.78 is 11.4. The van der Waals surface area contributed by atoms with E-state index in [-0.39, 0.29) is 19.1 Å². The Bertz CT molecular complexity index is 505. The fourth-order valence-electron chi connectivity index (χ4n) is 1.29. The first-order valence-electron chi connectivity index (χ1n) is 6.65. The molecule has 1 heterocycles. The van der Waals surface area contributed by atoms with E-state index in [1.165, 1.54) is 19.2 Å². The number of rotatable bonds is 8. The molecule has 0 spiro atoms. The topological polar surface area (TPSA) is 89.6 Å². The third-order valence-corrected chi connectivity index (χ3v) is 2.99. The molecule has 8 heteroatoms. The normalized spacial score (nSPS) is 10.3. The highest BCUT2D eigenvalue weighted by Crippen LogP contribution is 2.09. The molecule has 0 fully saturated rings. The Balaban J connectivity index is 2.04. The predicted octanol–water partition coefficient (Wildman–Crippen LogP) is 1.48. The Morgan fingerprint density at radius 1 is 1.36 bits per heavy atom. The summed E-state index contributed by atoms with van der Waals surface area (Å²) in [5.74, 6) is 0.320. The molecule has 22 heavy (non-hydrogen) atoms. The van der Waals surface area contributed by atoms with Crippen molar-refractivity contribution in [3.05, 3.63) is 34.1 Å². The first-order valence-corrected chi connectivity index (χ1v) is 7.73. The van der Waals surface area contributed by atoms with Crippen LogP contribution >= 0.6 is 22.6 Å². The fraction of sp³-hybridized carbons (Fsp3) is 0.357. The third-order valence-electron chi connectivity index (χ3n) is 2.35. The third kappa shape index (κ3) is 8.45. The Morgan fingerprint density at radius 3 is 2.86 bits per heavy atom. The number of hydrogen-bond acceptors (Lipinski definition) is 5. The molecule has 0 aliphatic carbocycles. The molecule has 0 atom stereocenters. The Hall–Kier alpha value is -1.84. The number of carbonyl (C=O) groups is 2. The van der Waals surface area contributed by atoms with Crippen LogP contribution in [-0.2, 0) is 9.53 Å². The number of halogens is 1. The van der Waals surface area contributed by atoms with Gasteiger partial charge in [0, 0.05) is 41.9 Å². The zero-order chi connectivity index (χ0) is 16.2. The Labute approximate surface area is 142 Å². The molecule has 1 aromatic heterocycles.